The van der Waals surface area contributed by atoms with Crippen molar-refractivity contribution < 1.29 is 32.6 Å². The lowest BCUT2D eigenvalue weighted by Gasteiger charge is -2.32. The number of carbonyl (C=O) groups is 1. The molecule has 4 rings (SSSR count). The monoisotopic (exact) mass is 470 g/mol. The van der Waals surface area contributed by atoms with Crippen LogP contribution >= 0.6 is 7.75 Å². The Morgan fingerprint density at radius 2 is 2.22 bits per heavy atom. The van der Waals surface area contributed by atoms with Gasteiger partial charge in [-0.25, -0.2) is 14.6 Å². The Morgan fingerprint density at radius 1 is 1.41 bits per heavy atom. The lowest BCUT2D eigenvalue weighted by molar-refractivity contribution is -0.143. The Morgan fingerprint density at radius 3 is 2.97 bits per heavy atom. The molecule has 0 unspecified atom stereocenters. The van der Waals surface area contributed by atoms with Crippen molar-refractivity contribution in [1.82, 2.24) is 24.6 Å². The van der Waals surface area contributed by atoms with Gasteiger partial charge in [0, 0.05) is 18.9 Å². The number of nitrogens with zero attached hydrogens (tertiary/aromatic N) is 4. The fourth-order valence-corrected chi connectivity index (χ4v) is 5.31. The fourth-order valence-electron chi connectivity index (χ4n) is 3.72. The molecule has 0 bridgehead atoms. The molecule has 0 amide bonds. The van der Waals surface area contributed by atoms with Crippen LogP contribution in [0.4, 0.5) is 5.95 Å². The molecule has 2 fully saturated rings. The second-order valence-electron chi connectivity index (χ2n) is 7.41. The number of nitrogen functional groups attached to an aromatic ring is 1. The van der Waals surface area contributed by atoms with Crippen LogP contribution in [0.3, 0.4) is 0 Å². The molecule has 176 valence electrons. The van der Waals surface area contributed by atoms with Crippen LogP contribution in [-0.4, -0.2) is 64.1 Å². The molecule has 2 saturated heterocycles. The number of aromatic nitrogens is 4. The minimum Gasteiger partial charge on any atom is -0.476 e. The maximum absolute atomic E-state index is 13.0. The third-order valence-corrected chi connectivity index (χ3v) is 6.86. The summed E-state index contributed by atoms with van der Waals surface area (Å²) in [6, 6.07) is 0. The Bertz CT molecular complexity index is 1030. The van der Waals surface area contributed by atoms with E-state index in [0.717, 1.165) is 0 Å². The predicted molar refractivity (Wildman–Crippen MR) is 112 cm³/mol. The number of imidazole rings is 1. The number of hydrogen-bond acceptors (Lipinski definition) is 11. The van der Waals surface area contributed by atoms with Gasteiger partial charge < -0.3 is 19.9 Å². The van der Waals surface area contributed by atoms with Crippen LogP contribution in [-0.2, 0) is 27.9 Å². The number of hydrogen-bond donors (Lipinski definition) is 2. The summed E-state index contributed by atoms with van der Waals surface area (Å²) in [5.41, 5.74) is 6.79. The molecule has 2 aliphatic rings. The molecule has 14 heteroatoms. The van der Waals surface area contributed by atoms with Gasteiger partial charge in [0.1, 0.15) is 25.0 Å². The van der Waals surface area contributed by atoms with Crippen molar-refractivity contribution in [3.8, 4) is 5.88 Å². The number of carbonyl (C=O) groups excluding carboxylic acids is 1. The van der Waals surface area contributed by atoms with Gasteiger partial charge in [-0.2, -0.15) is 9.97 Å². The van der Waals surface area contributed by atoms with Gasteiger partial charge in [0.25, 0.3) is 0 Å². The van der Waals surface area contributed by atoms with E-state index in [9.17, 15) is 9.36 Å². The molecule has 2 aromatic heterocycles. The smallest absolute Gasteiger partial charge is 0.406 e. The molecule has 4 heterocycles. The molecule has 3 N–H and O–H groups in total. The largest absolute Gasteiger partial charge is 0.476 e. The predicted octanol–water partition coefficient (Wildman–Crippen LogP) is 1.41. The number of rotatable bonds is 8. The van der Waals surface area contributed by atoms with Crippen LogP contribution in [0.2, 0.25) is 0 Å². The first kappa shape index (κ1) is 22.9. The molecule has 2 aliphatic heterocycles. The van der Waals surface area contributed by atoms with E-state index in [-0.39, 0.29) is 44.0 Å². The van der Waals surface area contributed by atoms with E-state index in [0.29, 0.717) is 23.7 Å². The quantitative estimate of drug-likeness (QED) is 0.324. The lowest BCUT2D eigenvalue weighted by Crippen LogP contribution is -2.39. The minimum absolute atomic E-state index is 0.0582. The third-order valence-electron chi connectivity index (χ3n) is 5.24. The van der Waals surface area contributed by atoms with Crippen LogP contribution in [0, 0.1) is 5.92 Å². The SMILES string of the molecule is CCOc1nc(N)nc2c1ncn2[C@@H]1O[C@@H]2CO[P@](=O)(NCCOC(=O)CC)O[C@H]2[C@@H]1C. The summed E-state index contributed by atoms with van der Waals surface area (Å²) < 4.78 is 42.6. The molecule has 0 saturated carbocycles. The van der Waals surface area contributed by atoms with Gasteiger partial charge in [0.15, 0.2) is 11.2 Å². The van der Waals surface area contributed by atoms with E-state index < -0.39 is 26.2 Å². The zero-order chi connectivity index (χ0) is 22.9. The van der Waals surface area contributed by atoms with Gasteiger partial charge in [-0.05, 0) is 6.92 Å². The molecule has 0 aliphatic carbocycles. The van der Waals surface area contributed by atoms with E-state index >= 15 is 0 Å². The third kappa shape index (κ3) is 4.44. The second-order valence-corrected chi connectivity index (χ2v) is 9.19. The molecular weight excluding hydrogens is 443 g/mol. The number of anilines is 1. The molecule has 2 aromatic rings. The number of esters is 1. The van der Waals surface area contributed by atoms with Crippen LogP contribution in [0.15, 0.2) is 6.33 Å². The summed E-state index contributed by atoms with van der Waals surface area (Å²) >= 11 is 0. The highest BCUT2D eigenvalue weighted by molar-refractivity contribution is 7.51. The van der Waals surface area contributed by atoms with Crippen LogP contribution < -0.4 is 15.6 Å². The fraction of sp³-hybridized carbons (Fsp3) is 0.667. The Hall–Kier alpha value is -2.31. The van der Waals surface area contributed by atoms with Crippen LogP contribution in [0.5, 0.6) is 5.88 Å². The number of nitrogens with two attached hydrogens (primary N) is 1. The zero-order valence-corrected chi connectivity index (χ0v) is 19.0. The number of ether oxygens (including phenoxy) is 3. The first-order valence-electron chi connectivity index (χ1n) is 10.5. The van der Waals surface area contributed by atoms with Gasteiger partial charge in [-0.3, -0.25) is 18.4 Å². The average molecular weight is 470 g/mol. The van der Waals surface area contributed by atoms with Crippen LogP contribution in [0.25, 0.3) is 11.2 Å². The normalized spacial score (nSPS) is 29.7. The van der Waals surface area contributed by atoms with Gasteiger partial charge in [0.05, 0.1) is 19.5 Å². The van der Waals surface area contributed by atoms with Crippen molar-refractivity contribution in [3.63, 3.8) is 0 Å². The van der Waals surface area contributed by atoms with E-state index in [2.05, 4.69) is 20.0 Å². The topological polar surface area (TPSA) is 162 Å². The van der Waals surface area contributed by atoms with E-state index in [4.69, 9.17) is 29.0 Å². The van der Waals surface area contributed by atoms with Gasteiger partial charge in [-0.1, -0.05) is 13.8 Å². The average Bonchev–Trinajstić information content (AvgIpc) is 3.32. The summed E-state index contributed by atoms with van der Waals surface area (Å²) in [6.45, 7) is 6.16. The van der Waals surface area contributed by atoms with Crippen molar-refractivity contribution in [1.29, 1.82) is 0 Å². The molecule has 13 nitrogen and oxygen atoms in total. The molecule has 0 aromatic carbocycles. The van der Waals surface area contributed by atoms with E-state index in [1.54, 1.807) is 17.8 Å². The Labute approximate surface area is 184 Å². The summed E-state index contributed by atoms with van der Waals surface area (Å²) in [6.07, 6.45) is 0.434. The van der Waals surface area contributed by atoms with Crippen molar-refractivity contribution >= 4 is 30.8 Å². The van der Waals surface area contributed by atoms with E-state index in [1.165, 1.54) is 0 Å². The van der Waals surface area contributed by atoms with Gasteiger partial charge in [0.2, 0.25) is 11.8 Å². The standard InChI is InChI=1S/C18H27N6O7P/c1-4-12(25)28-7-6-21-32(26)29-8-11-14(31-32)10(3)17(30-11)24-9-20-13-15(24)22-18(19)23-16(13)27-5-2/h9-11,14,17H,4-8H2,1-3H3,(H,21,26)(H2,19,22,23)/t10-,11+,14-,17+,32+/m0/s1. The Balaban J connectivity index is 1.48. The number of fused-ring (bicyclic) bond motifs is 2. The molecule has 0 radical (unpaired) electrons. The summed E-state index contributed by atoms with van der Waals surface area (Å²) in [5.74, 6) is -0.182. The van der Waals surface area contributed by atoms with Crippen molar-refractivity contribution in [2.45, 2.75) is 45.6 Å². The summed E-state index contributed by atoms with van der Waals surface area (Å²) in [5, 5.41) is 2.72. The van der Waals surface area contributed by atoms with Crippen molar-refractivity contribution in [2.24, 2.45) is 5.92 Å². The molecule has 0 spiro atoms. The van der Waals surface area contributed by atoms with Crippen molar-refractivity contribution in [2.75, 3.05) is 32.1 Å². The van der Waals surface area contributed by atoms with Crippen molar-refractivity contribution in [3.05, 3.63) is 6.33 Å². The first-order chi connectivity index (χ1) is 15.3. The molecule has 32 heavy (non-hydrogen) atoms. The first-order valence-corrected chi connectivity index (χ1v) is 12.0. The maximum Gasteiger partial charge on any atom is 0.406 e. The summed E-state index contributed by atoms with van der Waals surface area (Å²) in [7, 11) is -3.58. The highest BCUT2D eigenvalue weighted by Crippen LogP contribution is 2.54. The highest BCUT2D eigenvalue weighted by atomic mass is 31.2. The second kappa shape index (κ2) is 9.28. The highest BCUT2D eigenvalue weighted by Gasteiger charge is 2.51. The van der Waals surface area contributed by atoms with Gasteiger partial charge >= 0.3 is 13.7 Å². The number of nitrogens with one attached hydrogen (secondary N) is 1. The Kier molecular flexibility index (Phi) is 6.63. The maximum atomic E-state index is 13.0. The van der Waals surface area contributed by atoms with E-state index in [1.807, 2.05) is 13.8 Å². The zero-order valence-electron chi connectivity index (χ0n) is 18.1. The molecule has 5 atom stereocenters. The molecular formula is C18H27N6O7P. The van der Waals surface area contributed by atoms with Gasteiger partial charge in [-0.15, -0.1) is 0 Å². The minimum atomic E-state index is -3.58. The lowest BCUT2D eigenvalue weighted by atomic mass is 10.0. The van der Waals surface area contributed by atoms with Crippen LogP contribution in [0.1, 0.15) is 33.4 Å². The summed E-state index contributed by atoms with van der Waals surface area (Å²) in [4.78, 5) is 24.0.